The van der Waals surface area contributed by atoms with Crippen molar-refractivity contribution in [2.45, 2.75) is 38.9 Å². The Morgan fingerprint density at radius 2 is 1.30 bits per heavy atom. The summed E-state index contributed by atoms with van der Waals surface area (Å²) in [5.41, 5.74) is 6.93. The van der Waals surface area contributed by atoms with Gasteiger partial charge in [0.1, 0.15) is 0 Å². The van der Waals surface area contributed by atoms with Crippen molar-refractivity contribution in [2.24, 2.45) is 0 Å². The van der Waals surface area contributed by atoms with E-state index >= 15 is 0 Å². The predicted octanol–water partition coefficient (Wildman–Crippen LogP) is 4.64. The first-order valence-electron chi connectivity index (χ1n) is 12.9. The first-order chi connectivity index (χ1) is 20.2. The maximum atomic E-state index is 11.8. The lowest BCUT2D eigenvalue weighted by Gasteiger charge is -2.32. The zero-order chi connectivity index (χ0) is 31.5. The molecule has 3 heterocycles. The lowest BCUT2D eigenvalue weighted by molar-refractivity contribution is 0.00578. The Morgan fingerprint density at radius 3 is 1.84 bits per heavy atom. The summed E-state index contributed by atoms with van der Waals surface area (Å²) in [6.45, 7) is 8.01. The highest BCUT2D eigenvalue weighted by Gasteiger charge is 2.51. The monoisotopic (exact) mass is 711 g/mol. The van der Waals surface area contributed by atoms with E-state index in [2.05, 4.69) is 51.8 Å². The normalized spacial score (nSPS) is 14.9. The Morgan fingerprint density at radius 1 is 0.814 bits per heavy atom. The first-order valence-corrected chi connectivity index (χ1v) is 14.5. The molecule has 222 valence electrons. The number of hydrogen-bond donors (Lipinski definition) is 4. The number of nitrogens with zero attached hydrogens (tertiary/aromatic N) is 2. The van der Waals surface area contributed by atoms with Crippen LogP contribution in [0.15, 0.2) is 85.8 Å². The molecule has 1 fully saturated rings. The van der Waals surface area contributed by atoms with Gasteiger partial charge in [-0.3, -0.25) is 9.59 Å². The molecule has 5 N–H and O–H groups in total. The maximum Gasteiger partial charge on any atom is 0.494 e. The number of carbonyl (C=O) groups is 1. The van der Waals surface area contributed by atoms with Crippen molar-refractivity contribution in [3.63, 3.8) is 0 Å². The molecule has 0 unspecified atom stereocenters. The summed E-state index contributed by atoms with van der Waals surface area (Å²) in [7, 11) is -0.469. The third kappa shape index (κ3) is 7.39. The van der Waals surface area contributed by atoms with Crippen molar-refractivity contribution >= 4 is 77.9 Å². The summed E-state index contributed by atoms with van der Waals surface area (Å²) in [5.74, 6) is -1.01. The molecule has 1 aliphatic heterocycles. The number of rotatable bonds is 2. The summed E-state index contributed by atoms with van der Waals surface area (Å²) in [5, 5.41) is 9.73. The van der Waals surface area contributed by atoms with Gasteiger partial charge in [0.25, 0.3) is 11.1 Å². The quantitative estimate of drug-likeness (QED) is 0.150. The number of nitrogens with one attached hydrogen (secondary N) is 2. The van der Waals surface area contributed by atoms with E-state index in [0.717, 1.165) is 9.94 Å². The summed E-state index contributed by atoms with van der Waals surface area (Å²) < 4.78 is 13.6. The number of benzene rings is 3. The molecule has 5 aromatic rings. The van der Waals surface area contributed by atoms with Gasteiger partial charge in [0.2, 0.25) is 0 Å². The molecule has 0 amide bonds. The van der Waals surface area contributed by atoms with E-state index in [1.54, 1.807) is 30.3 Å². The third-order valence-corrected chi connectivity index (χ3v) is 8.02. The van der Waals surface area contributed by atoms with Gasteiger partial charge in [-0.25, -0.2) is 14.8 Å². The van der Waals surface area contributed by atoms with E-state index < -0.39 is 24.3 Å². The van der Waals surface area contributed by atoms with Crippen LogP contribution in [0.2, 0.25) is 0 Å². The lowest BCUT2D eigenvalue weighted by atomic mass is 9.78. The molecule has 0 saturated carbocycles. The maximum absolute atomic E-state index is 11.8. The zero-order valence-corrected chi connectivity index (χ0v) is 26.8. The number of hydrogen-bond acceptors (Lipinski definition) is 8. The van der Waals surface area contributed by atoms with Gasteiger partial charge in [-0.15, -0.1) is 0 Å². The standard InChI is InChI=1S/C14H17BN2O3.C8H5BrN2O.C7H6BrNO2/c1-13(2)14(3,4)20-15(19-13)9-5-6-11-10(7-9)12(18)17-8-16-11;9-5-1-2-7-6(3-5)8(12)11-4-10-7;8-4-1-2-6(9)5(3-4)7(10)11/h5-8H,1-4H3,(H,16,17,18);1-4H,(H,10,11,12);1-3H,9H2,(H,10,11). The number of H-pyrrole nitrogens is 2. The van der Waals surface area contributed by atoms with Crippen LogP contribution in [0.3, 0.4) is 0 Å². The number of carboxylic acids is 1. The Bertz CT molecular complexity index is 1910. The number of fused-ring (bicyclic) bond motifs is 2. The molecule has 0 spiro atoms. The van der Waals surface area contributed by atoms with Crippen molar-refractivity contribution in [3.05, 3.63) is 102 Å². The average Bonchev–Trinajstić information content (AvgIpc) is 3.17. The number of aromatic amines is 2. The molecule has 14 heteroatoms. The Balaban J connectivity index is 0.000000158. The van der Waals surface area contributed by atoms with E-state index in [1.807, 2.05) is 45.9 Å². The molecule has 0 bridgehead atoms. The number of carboxylic acid groups (broad SMARTS) is 1. The molecular weight excluding hydrogens is 685 g/mol. The van der Waals surface area contributed by atoms with Crippen molar-refractivity contribution in [3.8, 4) is 0 Å². The summed E-state index contributed by atoms with van der Waals surface area (Å²) in [6, 6.07) is 15.6. The van der Waals surface area contributed by atoms with Crippen molar-refractivity contribution < 1.29 is 19.2 Å². The van der Waals surface area contributed by atoms with Crippen LogP contribution in [0.5, 0.6) is 0 Å². The molecule has 43 heavy (non-hydrogen) atoms. The van der Waals surface area contributed by atoms with E-state index in [9.17, 15) is 14.4 Å². The second kappa shape index (κ2) is 12.8. The number of nitrogen functional groups attached to an aromatic ring is 1. The molecule has 0 radical (unpaired) electrons. The van der Waals surface area contributed by atoms with Crippen LogP contribution in [0.25, 0.3) is 21.8 Å². The van der Waals surface area contributed by atoms with Crippen LogP contribution < -0.4 is 22.3 Å². The molecule has 1 saturated heterocycles. The summed E-state index contributed by atoms with van der Waals surface area (Å²) >= 11 is 6.43. The fourth-order valence-corrected chi connectivity index (χ4v) is 4.69. The van der Waals surface area contributed by atoms with Crippen LogP contribution in [-0.4, -0.2) is 49.3 Å². The molecular formula is C29H28BBr2N5O6. The van der Waals surface area contributed by atoms with Crippen molar-refractivity contribution in [2.75, 3.05) is 5.73 Å². The van der Waals surface area contributed by atoms with Gasteiger partial charge in [0.15, 0.2) is 0 Å². The van der Waals surface area contributed by atoms with Gasteiger partial charge in [0.05, 0.1) is 51.2 Å². The summed E-state index contributed by atoms with van der Waals surface area (Å²) in [4.78, 5) is 46.7. The SMILES string of the molecule is CC1(C)OB(c2ccc3nc[nH]c(=O)c3c2)OC1(C)C.Nc1ccc(Br)cc1C(=O)O.O=c1[nH]cnc2ccc(Br)cc12. The Labute approximate surface area is 263 Å². The fourth-order valence-electron chi connectivity index (χ4n) is 3.97. The summed E-state index contributed by atoms with van der Waals surface area (Å²) in [6.07, 6.45) is 2.80. The molecule has 11 nitrogen and oxygen atoms in total. The number of aromatic nitrogens is 4. The minimum Gasteiger partial charge on any atom is -0.478 e. The van der Waals surface area contributed by atoms with Gasteiger partial charge in [0, 0.05) is 14.6 Å². The second-order valence-electron chi connectivity index (χ2n) is 10.5. The largest absolute Gasteiger partial charge is 0.494 e. The number of anilines is 1. The average molecular weight is 713 g/mol. The van der Waals surface area contributed by atoms with Crippen molar-refractivity contribution in [1.29, 1.82) is 0 Å². The van der Waals surface area contributed by atoms with Gasteiger partial charge < -0.3 is 30.1 Å². The smallest absolute Gasteiger partial charge is 0.478 e. The first kappa shape index (κ1) is 32.1. The number of nitrogens with two attached hydrogens (primary N) is 1. The molecule has 3 aromatic carbocycles. The van der Waals surface area contributed by atoms with Crippen LogP contribution in [-0.2, 0) is 9.31 Å². The predicted molar refractivity (Wildman–Crippen MR) is 174 cm³/mol. The van der Waals surface area contributed by atoms with E-state index in [4.69, 9.17) is 20.1 Å². The minimum atomic E-state index is -1.01. The minimum absolute atomic E-state index is 0.110. The molecule has 1 aliphatic rings. The lowest BCUT2D eigenvalue weighted by Crippen LogP contribution is -2.41. The fraction of sp³-hybridized carbons (Fsp3) is 0.207. The molecule has 0 atom stereocenters. The molecule has 2 aromatic heterocycles. The third-order valence-electron chi connectivity index (χ3n) is 7.04. The Hall–Kier alpha value is -3.85. The van der Waals surface area contributed by atoms with Crippen molar-refractivity contribution in [1.82, 2.24) is 19.9 Å². The van der Waals surface area contributed by atoms with Gasteiger partial charge in [-0.05, 0) is 81.7 Å². The highest BCUT2D eigenvalue weighted by Crippen LogP contribution is 2.36. The van der Waals surface area contributed by atoms with Gasteiger partial charge in [-0.2, -0.15) is 0 Å². The van der Waals surface area contributed by atoms with Crippen LogP contribution in [0, 0.1) is 0 Å². The van der Waals surface area contributed by atoms with Gasteiger partial charge >= 0.3 is 13.1 Å². The van der Waals surface area contributed by atoms with E-state index in [-0.39, 0.29) is 22.4 Å². The van der Waals surface area contributed by atoms with E-state index in [0.29, 0.717) is 26.3 Å². The topological polar surface area (TPSA) is 173 Å². The van der Waals surface area contributed by atoms with E-state index in [1.165, 1.54) is 18.7 Å². The number of aromatic carboxylic acids is 1. The van der Waals surface area contributed by atoms with Crippen LogP contribution in [0.4, 0.5) is 5.69 Å². The molecule has 6 rings (SSSR count). The van der Waals surface area contributed by atoms with Gasteiger partial charge in [-0.1, -0.05) is 37.9 Å². The number of halogens is 2. The van der Waals surface area contributed by atoms with Crippen LogP contribution in [0.1, 0.15) is 38.1 Å². The second-order valence-corrected chi connectivity index (χ2v) is 12.4. The highest BCUT2D eigenvalue weighted by molar-refractivity contribution is 9.10. The van der Waals surface area contributed by atoms with Crippen LogP contribution >= 0.6 is 31.9 Å². The molecule has 0 aliphatic carbocycles. The Kier molecular flexibility index (Phi) is 9.55. The highest BCUT2D eigenvalue weighted by atomic mass is 79.9. The zero-order valence-electron chi connectivity index (χ0n) is 23.6.